The highest BCUT2D eigenvalue weighted by Gasteiger charge is 2.35. The number of nitrogens with zero attached hydrogens (tertiary/aromatic N) is 3. The highest BCUT2D eigenvalue weighted by Crippen LogP contribution is 2.30. The van der Waals surface area contributed by atoms with Gasteiger partial charge in [0.25, 0.3) is 0 Å². The molecule has 18 heavy (non-hydrogen) atoms. The first-order valence-corrected chi connectivity index (χ1v) is 6.78. The summed E-state index contributed by atoms with van der Waals surface area (Å²) in [4.78, 5) is 2.46. The van der Waals surface area contributed by atoms with E-state index < -0.39 is 0 Å². The molecule has 5 heteroatoms. The van der Waals surface area contributed by atoms with E-state index in [0.717, 1.165) is 19.7 Å². The van der Waals surface area contributed by atoms with Crippen molar-refractivity contribution in [2.24, 2.45) is 5.73 Å². The standard InChI is InChI=1S/C13H24N4O/c1-4-17-11(5-6-15-17)13-12(9-14)18-8-7-16(13)10(2)3/h5-6,10,12-13H,4,7-9,14H2,1-3H3. The summed E-state index contributed by atoms with van der Waals surface area (Å²) in [6.45, 7) is 9.68. The molecule has 1 aromatic heterocycles. The number of aromatic nitrogens is 2. The van der Waals surface area contributed by atoms with Crippen LogP contribution in [0.4, 0.5) is 0 Å². The smallest absolute Gasteiger partial charge is 0.0909 e. The van der Waals surface area contributed by atoms with E-state index in [1.807, 2.05) is 10.9 Å². The number of nitrogens with two attached hydrogens (primary N) is 1. The van der Waals surface area contributed by atoms with Crippen molar-refractivity contribution in [2.45, 2.75) is 45.5 Å². The van der Waals surface area contributed by atoms with E-state index in [1.54, 1.807) is 0 Å². The Morgan fingerprint density at radius 3 is 2.94 bits per heavy atom. The van der Waals surface area contributed by atoms with Crippen LogP contribution in [0.3, 0.4) is 0 Å². The van der Waals surface area contributed by atoms with Gasteiger partial charge in [-0.25, -0.2) is 0 Å². The Hall–Kier alpha value is -0.910. The van der Waals surface area contributed by atoms with Crippen LogP contribution in [-0.2, 0) is 11.3 Å². The Bertz CT molecular complexity index is 377. The van der Waals surface area contributed by atoms with Crippen molar-refractivity contribution in [3.05, 3.63) is 18.0 Å². The number of hydrogen-bond acceptors (Lipinski definition) is 4. The largest absolute Gasteiger partial charge is 0.374 e. The summed E-state index contributed by atoms with van der Waals surface area (Å²) < 4.78 is 7.87. The van der Waals surface area contributed by atoms with Crippen LogP contribution in [0.2, 0.25) is 0 Å². The lowest BCUT2D eigenvalue weighted by molar-refractivity contribution is -0.0815. The molecule has 2 atom stereocenters. The molecule has 0 amide bonds. The van der Waals surface area contributed by atoms with Crippen LogP contribution < -0.4 is 5.73 Å². The molecular weight excluding hydrogens is 228 g/mol. The van der Waals surface area contributed by atoms with E-state index in [0.29, 0.717) is 12.6 Å². The predicted octanol–water partition coefficient (Wildman–Crippen LogP) is 1.01. The van der Waals surface area contributed by atoms with Crippen LogP contribution in [-0.4, -0.2) is 46.5 Å². The molecule has 5 nitrogen and oxygen atoms in total. The Morgan fingerprint density at radius 1 is 1.56 bits per heavy atom. The lowest BCUT2D eigenvalue weighted by Gasteiger charge is -2.43. The molecule has 0 aromatic carbocycles. The Kier molecular flexibility index (Phi) is 4.37. The van der Waals surface area contributed by atoms with Crippen molar-refractivity contribution >= 4 is 0 Å². The number of hydrogen-bond donors (Lipinski definition) is 1. The van der Waals surface area contributed by atoms with Crippen molar-refractivity contribution in [1.82, 2.24) is 14.7 Å². The first-order chi connectivity index (χ1) is 8.69. The van der Waals surface area contributed by atoms with Gasteiger partial charge in [0.1, 0.15) is 0 Å². The van der Waals surface area contributed by atoms with Crippen molar-refractivity contribution in [3.63, 3.8) is 0 Å². The molecule has 1 aliphatic heterocycles. The molecule has 0 saturated carbocycles. The van der Waals surface area contributed by atoms with E-state index in [1.165, 1.54) is 5.69 Å². The van der Waals surface area contributed by atoms with Gasteiger partial charge < -0.3 is 10.5 Å². The van der Waals surface area contributed by atoms with Gasteiger partial charge in [0, 0.05) is 31.9 Å². The zero-order valence-electron chi connectivity index (χ0n) is 11.5. The molecule has 0 bridgehead atoms. The quantitative estimate of drug-likeness (QED) is 0.869. The summed E-state index contributed by atoms with van der Waals surface area (Å²) in [5.41, 5.74) is 7.08. The van der Waals surface area contributed by atoms with Crippen LogP contribution in [0, 0.1) is 0 Å². The van der Waals surface area contributed by atoms with Gasteiger partial charge in [-0.15, -0.1) is 0 Å². The van der Waals surface area contributed by atoms with E-state index >= 15 is 0 Å². The van der Waals surface area contributed by atoms with Gasteiger partial charge >= 0.3 is 0 Å². The first kappa shape index (κ1) is 13.5. The summed E-state index contributed by atoms with van der Waals surface area (Å²) in [5, 5.41) is 4.37. The molecule has 1 aliphatic rings. The van der Waals surface area contributed by atoms with E-state index in [2.05, 4.69) is 36.8 Å². The normalized spacial score (nSPS) is 25.8. The number of morpholine rings is 1. The molecule has 0 aliphatic carbocycles. The van der Waals surface area contributed by atoms with E-state index in [9.17, 15) is 0 Å². The summed E-state index contributed by atoms with van der Waals surface area (Å²) in [6, 6.07) is 2.78. The fraction of sp³-hybridized carbons (Fsp3) is 0.769. The van der Waals surface area contributed by atoms with Gasteiger partial charge in [0.15, 0.2) is 0 Å². The third-order valence-corrected chi connectivity index (χ3v) is 3.64. The third-order valence-electron chi connectivity index (χ3n) is 3.64. The van der Waals surface area contributed by atoms with Crippen molar-refractivity contribution in [2.75, 3.05) is 19.7 Å². The van der Waals surface area contributed by atoms with Gasteiger partial charge in [-0.2, -0.15) is 5.10 Å². The summed E-state index contributed by atoms with van der Waals surface area (Å²) >= 11 is 0. The van der Waals surface area contributed by atoms with Crippen molar-refractivity contribution in [1.29, 1.82) is 0 Å². The predicted molar refractivity (Wildman–Crippen MR) is 71.3 cm³/mol. The fourth-order valence-corrected chi connectivity index (χ4v) is 2.75. The number of aryl methyl sites for hydroxylation is 1. The van der Waals surface area contributed by atoms with E-state index in [-0.39, 0.29) is 12.1 Å². The Balaban J connectivity index is 2.33. The molecule has 1 fully saturated rings. The summed E-state index contributed by atoms with van der Waals surface area (Å²) in [6.07, 6.45) is 1.92. The lowest BCUT2D eigenvalue weighted by atomic mass is 10.0. The van der Waals surface area contributed by atoms with Crippen LogP contribution in [0.15, 0.2) is 12.3 Å². The maximum absolute atomic E-state index is 5.87. The molecule has 2 rings (SSSR count). The lowest BCUT2D eigenvalue weighted by Crippen LogP contribution is -2.51. The molecule has 0 radical (unpaired) electrons. The van der Waals surface area contributed by atoms with Gasteiger partial charge in [-0.05, 0) is 26.8 Å². The maximum Gasteiger partial charge on any atom is 0.0909 e. The molecular formula is C13H24N4O. The maximum atomic E-state index is 5.87. The summed E-state index contributed by atoms with van der Waals surface area (Å²) in [5.74, 6) is 0. The zero-order chi connectivity index (χ0) is 13.1. The highest BCUT2D eigenvalue weighted by molar-refractivity contribution is 5.11. The highest BCUT2D eigenvalue weighted by atomic mass is 16.5. The van der Waals surface area contributed by atoms with Crippen molar-refractivity contribution in [3.8, 4) is 0 Å². The molecule has 2 unspecified atom stereocenters. The van der Waals surface area contributed by atoms with Gasteiger partial charge in [-0.1, -0.05) is 0 Å². The van der Waals surface area contributed by atoms with Crippen LogP contribution in [0.5, 0.6) is 0 Å². The number of rotatable bonds is 4. The van der Waals surface area contributed by atoms with Gasteiger partial charge in [-0.3, -0.25) is 9.58 Å². The topological polar surface area (TPSA) is 56.3 Å². The monoisotopic (exact) mass is 252 g/mol. The Morgan fingerprint density at radius 2 is 2.33 bits per heavy atom. The van der Waals surface area contributed by atoms with Crippen LogP contribution in [0.25, 0.3) is 0 Å². The molecule has 2 N–H and O–H groups in total. The number of ether oxygens (including phenoxy) is 1. The van der Waals surface area contributed by atoms with Crippen molar-refractivity contribution < 1.29 is 4.74 Å². The minimum Gasteiger partial charge on any atom is -0.374 e. The SMILES string of the molecule is CCn1nccc1C1C(CN)OCCN1C(C)C. The minimum absolute atomic E-state index is 0.0585. The molecule has 0 spiro atoms. The fourth-order valence-electron chi connectivity index (χ4n) is 2.75. The van der Waals surface area contributed by atoms with Gasteiger partial charge in [0.05, 0.1) is 24.4 Å². The third kappa shape index (κ3) is 2.43. The molecule has 1 saturated heterocycles. The van der Waals surface area contributed by atoms with Crippen LogP contribution in [0.1, 0.15) is 32.5 Å². The second-order valence-corrected chi connectivity index (χ2v) is 4.99. The molecule has 102 valence electrons. The van der Waals surface area contributed by atoms with Gasteiger partial charge in [0.2, 0.25) is 0 Å². The second-order valence-electron chi connectivity index (χ2n) is 4.99. The van der Waals surface area contributed by atoms with E-state index in [4.69, 9.17) is 10.5 Å². The molecule has 2 heterocycles. The average molecular weight is 252 g/mol. The first-order valence-electron chi connectivity index (χ1n) is 6.78. The zero-order valence-corrected chi connectivity index (χ0v) is 11.5. The second kappa shape index (κ2) is 5.82. The minimum atomic E-state index is 0.0585. The molecule has 1 aromatic rings. The Labute approximate surface area is 109 Å². The average Bonchev–Trinajstić information content (AvgIpc) is 2.85. The summed E-state index contributed by atoms with van der Waals surface area (Å²) in [7, 11) is 0. The van der Waals surface area contributed by atoms with Crippen LogP contribution >= 0.6 is 0 Å².